The smallest absolute Gasteiger partial charge is 0.105 e. The molecule has 0 heterocycles. The number of hydrogen-bond donors (Lipinski definition) is 0. The van der Waals surface area contributed by atoms with E-state index >= 15 is 0 Å². The van der Waals surface area contributed by atoms with Crippen molar-refractivity contribution in [3.63, 3.8) is 0 Å². The second kappa shape index (κ2) is 4.15. The molecule has 0 saturated carbocycles. The highest BCUT2D eigenvalue weighted by Crippen LogP contribution is 2.27. The minimum absolute atomic E-state index is 0.352. The van der Waals surface area contributed by atoms with Crippen molar-refractivity contribution < 1.29 is 0 Å². The van der Waals surface area contributed by atoms with Crippen LogP contribution < -0.4 is 4.90 Å². The lowest BCUT2D eigenvalue weighted by Gasteiger charge is -2.19. The van der Waals surface area contributed by atoms with Crippen molar-refractivity contribution in [1.29, 1.82) is 5.26 Å². The van der Waals surface area contributed by atoms with Crippen LogP contribution >= 0.6 is 11.6 Å². The van der Waals surface area contributed by atoms with Crippen LogP contribution in [0.2, 0.25) is 5.02 Å². The van der Waals surface area contributed by atoms with E-state index in [0.29, 0.717) is 11.6 Å². The molecule has 0 bridgehead atoms. The minimum Gasteiger partial charge on any atom is -0.360 e. The number of nitriles is 1. The van der Waals surface area contributed by atoms with Crippen molar-refractivity contribution >= 4 is 17.3 Å². The van der Waals surface area contributed by atoms with Crippen molar-refractivity contribution in [1.82, 2.24) is 0 Å². The second-order valence-corrected chi connectivity index (χ2v) is 3.33. The fraction of sp³-hybridized carbons (Fsp3) is 0.300. The fourth-order valence-corrected chi connectivity index (χ4v) is 1.66. The second-order valence-electron chi connectivity index (χ2n) is 2.92. The maximum absolute atomic E-state index is 8.55. The Kier molecular flexibility index (Phi) is 3.16. The highest BCUT2D eigenvalue weighted by atomic mass is 35.5. The van der Waals surface area contributed by atoms with Crippen molar-refractivity contribution in [3.8, 4) is 6.07 Å². The van der Waals surface area contributed by atoms with E-state index < -0.39 is 0 Å². The van der Waals surface area contributed by atoms with Gasteiger partial charge in [-0.25, -0.2) is 0 Å². The van der Waals surface area contributed by atoms with Gasteiger partial charge in [0.2, 0.25) is 0 Å². The Morgan fingerprint density at radius 3 is 2.77 bits per heavy atom. The van der Waals surface area contributed by atoms with Gasteiger partial charge in [-0.2, -0.15) is 5.26 Å². The summed E-state index contributed by atoms with van der Waals surface area (Å²) in [6.07, 6.45) is 0. The van der Waals surface area contributed by atoms with Gasteiger partial charge >= 0.3 is 0 Å². The zero-order valence-corrected chi connectivity index (χ0v) is 8.47. The minimum atomic E-state index is 0.352. The first-order chi connectivity index (χ1) is 6.16. The van der Waals surface area contributed by atoms with Gasteiger partial charge in [0.05, 0.1) is 16.8 Å². The average molecular weight is 195 g/mol. The summed E-state index contributed by atoms with van der Waals surface area (Å²) >= 11 is 6.01. The molecule has 0 aliphatic carbocycles. The summed E-state index contributed by atoms with van der Waals surface area (Å²) in [5, 5.41) is 9.24. The maximum Gasteiger partial charge on any atom is 0.105 e. The highest BCUT2D eigenvalue weighted by Gasteiger charge is 2.07. The predicted octanol–water partition coefficient (Wildman–Crippen LogP) is 2.61. The van der Waals surface area contributed by atoms with Crippen molar-refractivity contribution in [3.05, 3.63) is 28.8 Å². The summed E-state index contributed by atoms with van der Waals surface area (Å²) in [6.45, 7) is 2.33. The molecule has 0 aliphatic heterocycles. The molecule has 0 amide bonds. The lowest BCUT2D eigenvalue weighted by atomic mass is 10.2. The van der Waals surface area contributed by atoms with Gasteiger partial charge < -0.3 is 4.90 Å². The molecule has 3 heteroatoms. The first-order valence-corrected chi connectivity index (χ1v) is 4.38. The van der Waals surface area contributed by atoms with Crippen LogP contribution in [0.25, 0.3) is 0 Å². The van der Waals surface area contributed by atoms with Crippen LogP contribution in [0, 0.1) is 18.3 Å². The third-order valence-corrected chi connectivity index (χ3v) is 2.18. The first-order valence-electron chi connectivity index (χ1n) is 4.00. The summed E-state index contributed by atoms with van der Waals surface area (Å²) < 4.78 is 0. The quantitative estimate of drug-likeness (QED) is 0.677. The highest BCUT2D eigenvalue weighted by molar-refractivity contribution is 6.33. The largest absolute Gasteiger partial charge is 0.360 e. The van der Waals surface area contributed by atoms with Gasteiger partial charge in [-0.15, -0.1) is 0 Å². The lowest BCUT2D eigenvalue weighted by molar-refractivity contribution is 1.03. The fourth-order valence-electron chi connectivity index (χ4n) is 1.29. The summed E-state index contributed by atoms with van der Waals surface area (Å²) in [7, 11) is 1.86. The Hall–Kier alpha value is -1.20. The van der Waals surface area contributed by atoms with Gasteiger partial charge in [-0.1, -0.05) is 23.7 Å². The molecule has 0 atom stereocenters. The Balaban J connectivity index is 3.06. The molecule has 68 valence electrons. The van der Waals surface area contributed by atoms with Crippen LogP contribution in [0.5, 0.6) is 0 Å². The normalized spacial score (nSPS) is 9.38. The molecule has 0 radical (unpaired) electrons. The molecule has 1 aromatic rings. The van der Waals surface area contributed by atoms with E-state index in [0.717, 1.165) is 11.3 Å². The molecular formula is C10H11ClN2. The van der Waals surface area contributed by atoms with Crippen LogP contribution in [0.1, 0.15) is 5.56 Å². The zero-order chi connectivity index (χ0) is 9.84. The van der Waals surface area contributed by atoms with Crippen LogP contribution in [-0.4, -0.2) is 13.6 Å². The van der Waals surface area contributed by atoms with Crippen LogP contribution in [0.15, 0.2) is 18.2 Å². The Morgan fingerprint density at radius 2 is 2.23 bits per heavy atom. The third kappa shape index (κ3) is 2.13. The van der Waals surface area contributed by atoms with E-state index in [1.165, 1.54) is 0 Å². The number of aryl methyl sites for hydroxylation is 1. The average Bonchev–Trinajstić information content (AvgIpc) is 2.04. The van der Waals surface area contributed by atoms with Crippen molar-refractivity contribution in [2.75, 3.05) is 18.5 Å². The zero-order valence-electron chi connectivity index (χ0n) is 7.71. The number of para-hydroxylation sites is 1. The van der Waals surface area contributed by atoms with Crippen LogP contribution in [0.3, 0.4) is 0 Å². The van der Waals surface area contributed by atoms with Gasteiger partial charge in [0.15, 0.2) is 0 Å². The lowest BCUT2D eigenvalue weighted by Crippen LogP contribution is -2.18. The Morgan fingerprint density at radius 1 is 1.54 bits per heavy atom. The summed E-state index contributed by atoms with van der Waals surface area (Å²) in [5.74, 6) is 0. The van der Waals surface area contributed by atoms with Crippen LogP contribution in [0.4, 0.5) is 5.69 Å². The third-order valence-electron chi connectivity index (χ3n) is 1.88. The molecule has 2 nitrogen and oxygen atoms in total. The number of anilines is 1. The van der Waals surface area contributed by atoms with E-state index in [1.807, 2.05) is 37.1 Å². The van der Waals surface area contributed by atoms with E-state index in [9.17, 15) is 0 Å². The molecule has 1 rings (SSSR count). The monoisotopic (exact) mass is 194 g/mol. The van der Waals surface area contributed by atoms with E-state index in [4.69, 9.17) is 16.9 Å². The van der Waals surface area contributed by atoms with Gasteiger partial charge in [-0.3, -0.25) is 0 Å². The van der Waals surface area contributed by atoms with E-state index in [-0.39, 0.29) is 0 Å². The summed E-state index contributed by atoms with van der Waals surface area (Å²) in [5.41, 5.74) is 2.02. The van der Waals surface area contributed by atoms with Gasteiger partial charge in [0, 0.05) is 7.05 Å². The Labute approximate surface area is 83.3 Å². The standard InChI is InChI=1S/C10H11ClN2/c1-8-4-3-5-9(11)10(8)13(2)7-6-12/h3-5H,7H2,1-2H3. The summed E-state index contributed by atoms with van der Waals surface area (Å²) in [4.78, 5) is 1.84. The molecular weight excluding hydrogens is 184 g/mol. The van der Waals surface area contributed by atoms with Gasteiger partial charge in [-0.05, 0) is 18.6 Å². The van der Waals surface area contributed by atoms with Gasteiger partial charge in [0.1, 0.15) is 6.54 Å². The molecule has 0 aromatic heterocycles. The molecule has 0 N–H and O–H groups in total. The molecule has 0 saturated heterocycles. The molecule has 0 fully saturated rings. The topological polar surface area (TPSA) is 27.0 Å². The van der Waals surface area contributed by atoms with Crippen molar-refractivity contribution in [2.45, 2.75) is 6.92 Å². The maximum atomic E-state index is 8.55. The van der Waals surface area contributed by atoms with Crippen molar-refractivity contribution in [2.24, 2.45) is 0 Å². The number of hydrogen-bond acceptors (Lipinski definition) is 2. The van der Waals surface area contributed by atoms with Crippen LogP contribution in [-0.2, 0) is 0 Å². The molecule has 1 aromatic carbocycles. The number of halogens is 1. The predicted molar refractivity (Wildman–Crippen MR) is 55.1 cm³/mol. The molecule has 0 unspecified atom stereocenters. The molecule has 0 aliphatic rings. The number of benzene rings is 1. The van der Waals surface area contributed by atoms with Gasteiger partial charge in [0.25, 0.3) is 0 Å². The molecule has 13 heavy (non-hydrogen) atoms. The number of rotatable bonds is 2. The summed E-state index contributed by atoms with van der Waals surface area (Å²) in [6, 6.07) is 7.80. The molecule has 0 spiro atoms. The SMILES string of the molecule is Cc1cccc(Cl)c1N(C)CC#N. The van der Waals surface area contributed by atoms with E-state index in [1.54, 1.807) is 0 Å². The van der Waals surface area contributed by atoms with E-state index in [2.05, 4.69) is 6.07 Å². The first kappa shape index (κ1) is 9.88. The Bertz CT molecular complexity index is 321. The number of nitrogens with zero attached hydrogens (tertiary/aromatic N) is 2.